The Labute approximate surface area is 77.5 Å². The highest BCUT2D eigenvalue weighted by atomic mass is 16.5. The van der Waals surface area contributed by atoms with Crippen LogP contribution in [-0.2, 0) is 0 Å². The Morgan fingerprint density at radius 2 is 2.23 bits per heavy atom. The van der Waals surface area contributed by atoms with Gasteiger partial charge in [-0.1, -0.05) is 6.07 Å². The normalized spacial score (nSPS) is 12.9. The molecule has 0 spiro atoms. The van der Waals surface area contributed by atoms with Crippen LogP contribution in [0.4, 0.5) is 0 Å². The summed E-state index contributed by atoms with van der Waals surface area (Å²) in [6.45, 7) is 0.931. The molecule has 0 amide bonds. The van der Waals surface area contributed by atoms with E-state index in [1.807, 2.05) is 13.1 Å². The van der Waals surface area contributed by atoms with Crippen LogP contribution in [0.5, 0.6) is 5.75 Å². The molecule has 1 aliphatic carbocycles. The van der Waals surface area contributed by atoms with Crippen molar-refractivity contribution in [2.75, 3.05) is 20.7 Å². The Morgan fingerprint density at radius 3 is 2.92 bits per heavy atom. The van der Waals surface area contributed by atoms with Crippen molar-refractivity contribution >= 4 is 11.6 Å². The summed E-state index contributed by atoms with van der Waals surface area (Å²) in [4.78, 5) is 0. The second-order valence-electron chi connectivity index (χ2n) is 3.15. The first-order valence-corrected chi connectivity index (χ1v) is 4.38. The predicted molar refractivity (Wildman–Crippen MR) is 54.0 cm³/mol. The molecule has 1 aromatic rings. The average Bonchev–Trinajstić information content (AvgIpc) is 2.14. The molecular formula is C11H13NO. The lowest BCUT2D eigenvalue weighted by molar-refractivity contribution is 0.414. The Morgan fingerprint density at radius 1 is 1.38 bits per heavy atom. The van der Waals surface area contributed by atoms with Gasteiger partial charge in [0.25, 0.3) is 0 Å². The van der Waals surface area contributed by atoms with Crippen LogP contribution in [0.15, 0.2) is 18.2 Å². The number of fused-ring (bicyclic) bond motifs is 1. The number of ether oxygens (including phenoxy) is 1. The third-order valence-electron chi connectivity index (χ3n) is 2.30. The van der Waals surface area contributed by atoms with E-state index in [1.54, 1.807) is 7.11 Å². The maximum Gasteiger partial charge on any atom is 0.119 e. The molecule has 0 saturated heterocycles. The summed E-state index contributed by atoms with van der Waals surface area (Å²) in [5.74, 6) is 0.931. The highest BCUT2D eigenvalue weighted by Crippen LogP contribution is 2.06. The molecular weight excluding hydrogens is 162 g/mol. The molecule has 1 N–H and O–H groups in total. The second-order valence-corrected chi connectivity index (χ2v) is 3.15. The van der Waals surface area contributed by atoms with Gasteiger partial charge in [0.1, 0.15) is 5.75 Å². The SMILES string of the molecule is CNCC1=c2cc(OC)ccc2=C1. The van der Waals surface area contributed by atoms with Crippen LogP contribution in [0.3, 0.4) is 0 Å². The molecule has 2 rings (SSSR count). The largest absolute Gasteiger partial charge is 0.497 e. The molecule has 0 radical (unpaired) electrons. The van der Waals surface area contributed by atoms with Crippen molar-refractivity contribution < 1.29 is 4.74 Å². The molecule has 0 aliphatic heterocycles. The molecule has 0 atom stereocenters. The van der Waals surface area contributed by atoms with Crippen LogP contribution in [0, 0.1) is 0 Å². The summed E-state index contributed by atoms with van der Waals surface area (Å²) < 4.78 is 5.16. The Hall–Kier alpha value is -1.28. The summed E-state index contributed by atoms with van der Waals surface area (Å²) in [6, 6.07) is 6.17. The van der Waals surface area contributed by atoms with E-state index in [4.69, 9.17) is 4.74 Å². The fraction of sp³-hybridized carbons (Fsp3) is 0.273. The summed E-state index contributed by atoms with van der Waals surface area (Å²) in [7, 11) is 3.65. The van der Waals surface area contributed by atoms with E-state index >= 15 is 0 Å². The summed E-state index contributed by atoms with van der Waals surface area (Å²) in [5, 5.41) is 5.76. The highest BCUT2D eigenvalue weighted by molar-refractivity contribution is 5.83. The minimum Gasteiger partial charge on any atom is -0.497 e. The van der Waals surface area contributed by atoms with Crippen LogP contribution >= 0.6 is 0 Å². The smallest absolute Gasteiger partial charge is 0.119 e. The summed E-state index contributed by atoms with van der Waals surface area (Å²) >= 11 is 0. The minimum atomic E-state index is 0.931. The van der Waals surface area contributed by atoms with Gasteiger partial charge in [0.05, 0.1) is 7.11 Å². The van der Waals surface area contributed by atoms with Crippen LogP contribution in [-0.4, -0.2) is 20.7 Å². The first-order chi connectivity index (χ1) is 6.35. The fourth-order valence-electron chi connectivity index (χ4n) is 1.59. The van der Waals surface area contributed by atoms with E-state index in [0.717, 1.165) is 12.3 Å². The fourth-order valence-corrected chi connectivity index (χ4v) is 1.59. The van der Waals surface area contributed by atoms with Crippen LogP contribution in [0.1, 0.15) is 0 Å². The van der Waals surface area contributed by atoms with Crippen molar-refractivity contribution in [3.05, 3.63) is 28.6 Å². The van der Waals surface area contributed by atoms with Crippen LogP contribution < -0.4 is 20.5 Å². The number of methoxy groups -OCH3 is 1. The number of benzene rings is 1. The molecule has 2 nitrogen and oxygen atoms in total. The Balaban J connectivity index is 2.44. The maximum absolute atomic E-state index is 5.16. The lowest BCUT2D eigenvalue weighted by Gasteiger charge is -2.11. The van der Waals surface area contributed by atoms with Crippen molar-refractivity contribution in [3.63, 3.8) is 0 Å². The van der Waals surface area contributed by atoms with Gasteiger partial charge < -0.3 is 10.1 Å². The molecule has 2 heteroatoms. The van der Waals surface area contributed by atoms with Gasteiger partial charge >= 0.3 is 0 Å². The van der Waals surface area contributed by atoms with E-state index in [-0.39, 0.29) is 0 Å². The molecule has 13 heavy (non-hydrogen) atoms. The van der Waals surface area contributed by atoms with Gasteiger partial charge in [-0.2, -0.15) is 0 Å². The lowest BCUT2D eigenvalue weighted by Crippen LogP contribution is -2.37. The third kappa shape index (κ3) is 1.33. The molecule has 0 heterocycles. The van der Waals surface area contributed by atoms with Gasteiger partial charge in [-0.25, -0.2) is 0 Å². The first-order valence-electron chi connectivity index (χ1n) is 4.38. The van der Waals surface area contributed by atoms with E-state index in [1.165, 1.54) is 16.0 Å². The van der Waals surface area contributed by atoms with Gasteiger partial charge in [0, 0.05) is 6.54 Å². The third-order valence-corrected chi connectivity index (χ3v) is 2.30. The topological polar surface area (TPSA) is 21.3 Å². The van der Waals surface area contributed by atoms with E-state index in [2.05, 4.69) is 23.5 Å². The van der Waals surface area contributed by atoms with Crippen molar-refractivity contribution in [3.8, 4) is 5.75 Å². The van der Waals surface area contributed by atoms with E-state index < -0.39 is 0 Å². The molecule has 0 aromatic heterocycles. The number of rotatable bonds is 3. The Kier molecular flexibility index (Phi) is 2.07. The van der Waals surface area contributed by atoms with Gasteiger partial charge in [0.15, 0.2) is 0 Å². The van der Waals surface area contributed by atoms with E-state index in [9.17, 15) is 0 Å². The Bertz CT molecular complexity index is 434. The van der Waals surface area contributed by atoms with Crippen LogP contribution in [0.25, 0.3) is 11.6 Å². The minimum absolute atomic E-state index is 0.931. The summed E-state index contributed by atoms with van der Waals surface area (Å²) in [6.07, 6.45) is 2.20. The van der Waals surface area contributed by atoms with Gasteiger partial charge in [-0.3, -0.25) is 0 Å². The standard InChI is InChI=1S/C11H13NO/c1-12-7-9-5-8-3-4-10(13-2)6-11(8)9/h3-6,12H,7H2,1-2H3. The molecule has 0 fully saturated rings. The average molecular weight is 175 g/mol. The molecule has 1 aromatic carbocycles. The van der Waals surface area contributed by atoms with Crippen molar-refractivity contribution in [2.24, 2.45) is 0 Å². The molecule has 0 saturated carbocycles. The summed E-state index contributed by atoms with van der Waals surface area (Å²) in [5.41, 5.74) is 1.36. The monoisotopic (exact) mass is 175 g/mol. The molecule has 68 valence electrons. The van der Waals surface area contributed by atoms with Crippen molar-refractivity contribution in [1.82, 2.24) is 5.32 Å². The second kappa shape index (κ2) is 3.23. The maximum atomic E-state index is 5.16. The predicted octanol–water partition coefficient (Wildman–Crippen LogP) is -0.141. The van der Waals surface area contributed by atoms with Crippen molar-refractivity contribution in [2.45, 2.75) is 0 Å². The van der Waals surface area contributed by atoms with Gasteiger partial charge in [-0.05, 0) is 41.3 Å². The number of hydrogen-bond donors (Lipinski definition) is 1. The molecule has 0 bridgehead atoms. The van der Waals surface area contributed by atoms with Crippen molar-refractivity contribution in [1.29, 1.82) is 0 Å². The zero-order chi connectivity index (χ0) is 9.26. The number of hydrogen-bond acceptors (Lipinski definition) is 2. The zero-order valence-electron chi connectivity index (χ0n) is 7.92. The van der Waals surface area contributed by atoms with Gasteiger partial charge in [0.2, 0.25) is 0 Å². The quantitative estimate of drug-likeness (QED) is 0.690. The van der Waals surface area contributed by atoms with E-state index in [0.29, 0.717) is 0 Å². The lowest BCUT2D eigenvalue weighted by atomic mass is 10.00. The zero-order valence-corrected chi connectivity index (χ0v) is 7.92. The highest BCUT2D eigenvalue weighted by Gasteiger charge is 2.05. The molecule has 0 unspecified atom stereocenters. The van der Waals surface area contributed by atoms with Crippen LogP contribution in [0.2, 0.25) is 0 Å². The first kappa shape index (κ1) is 8.32. The van der Waals surface area contributed by atoms with Gasteiger partial charge in [-0.15, -0.1) is 0 Å². The number of nitrogens with one attached hydrogen (secondary N) is 1. The molecule has 1 aliphatic rings.